The van der Waals surface area contributed by atoms with Gasteiger partial charge in [0.1, 0.15) is 11.3 Å². The van der Waals surface area contributed by atoms with E-state index in [0.717, 1.165) is 51.0 Å². The van der Waals surface area contributed by atoms with E-state index < -0.39 is 0 Å². The van der Waals surface area contributed by atoms with E-state index in [0.29, 0.717) is 0 Å². The zero-order valence-corrected chi connectivity index (χ0v) is 27.5. The highest BCUT2D eigenvalue weighted by atomic mass is 15.1. The van der Waals surface area contributed by atoms with Gasteiger partial charge < -0.3 is 9.88 Å². The second kappa shape index (κ2) is 10.8. The number of nitrogens with one attached hydrogen (secondary N) is 1. The SMILES string of the molecule is C1=Cc2c(n(-c3ccccc3)c3ccc(-n4c5ccc(-c6ccc7c(c6)c6cccnc6n7-c6ccccc6)cc5c5cccnc54)cc23)CN1. The number of aromatic nitrogens is 5. The Kier molecular flexibility index (Phi) is 5.92. The maximum absolute atomic E-state index is 4.95. The van der Waals surface area contributed by atoms with Gasteiger partial charge in [0, 0.05) is 62.0 Å². The van der Waals surface area contributed by atoms with Crippen molar-refractivity contribution in [2.45, 2.75) is 6.54 Å². The monoisotopic (exact) mass is 654 g/mol. The summed E-state index contributed by atoms with van der Waals surface area (Å²) in [6.07, 6.45) is 8.02. The Bertz CT molecular complexity index is 3020. The van der Waals surface area contributed by atoms with Crippen molar-refractivity contribution in [3.8, 4) is 28.2 Å². The van der Waals surface area contributed by atoms with Crippen molar-refractivity contribution >= 4 is 60.9 Å². The maximum atomic E-state index is 4.95. The fraction of sp³-hybridized carbons (Fsp3) is 0.0222. The van der Waals surface area contributed by atoms with Crippen LogP contribution < -0.4 is 5.32 Å². The summed E-state index contributed by atoms with van der Waals surface area (Å²) < 4.78 is 6.95. The average Bonchev–Trinajstić information content (AvgIpc) is 3.83. The van der Waals surface area contributed by atoms with Crippen molar-refractivity contribution in [1.29, 1.82) is 0 Å². The Morgan fingerprint density at radius 2 is 1.00 bits per heavy atom. The molecule has 0 saturated carbocycles. The van der Waals surface area contributed by atoms with Gasteiger partial charge in [-0.15, -0.1) is 0 Å². The van der Waals surface area contributed by atoms with Crippen molar-refractivity contribution in [3.63, 3.8) is 0 Å². The van der Waals surface area contributed by atoms with Crippen LogP contribution in [0.3, 0.4) is 0 Å². The fourth-order valence-electron chi connectivity index (χ4n) is 8.18. The molecule has 1 aliphatic heterocycles. The quantitative estimate of drug-likeness (QED) is 0.206. The van der Waals surface area contributed by atoms with Crippen LogP contribution in [-0.2, 0) is 6.54 Å². The Morgan fingerprint density at radius 1 is 0.451 bits per heavy atom. The van der Waals surface area contributed by atoms with Crippen molar-refractivity contribution in [1.82, 2.24) is 29.0 Å². The lowest BCUT2D eigenvalue weighted by Crippen LogP contribution is -2.13. The minimum absolute atomic E-state index is 0.777. The van der Waals surface area contributed by atoms with Crippen LogP contribution in [-0.4, -0.2) is 23.7 Å². The molecule has 0 bridgehead atoms. The molecule has 10 aromatic rings. The number of rotatable bonds is 4. The van der Waals surface area contributed by atoms with Crippen LogP contribution in [0.4, 0.5) is 0 Å². The zero-order chi connectivity index (χ0) is 33.5. The highest BCUT2D eigenvalue weighted by Crippen LogP contribution is 2.39. The molecule has 51 heavy (non-hydrogen) atoms. The molecule has 0 spiro atoms. The minimum Gasteiger partial charge on any atom is -0.385 e. The van der Waals surface area contributed by atoms with Gasteiger partial charge in [-0.3, -0.25) is 9.13 Å². The van der Waals surface area contributed by atoms with Gasteiger partial charge in [-0.2, -0.15) is 0 Å². The molecular formula is C45H30N6. The lowest BCUT2D eigenvalue weighted by molar-refractivity contribution is 0.803. The second-order valence-electron chi connectivity index (χ2n) is 13.2. The number of hydrogen-bond acceptors (Lipinski definition) is 3. The maximum Gasteiger partial charge on any atom is 0.145 e. The Hall–Kier alpha value is -6.92. The van der Waals surface area contributed by atoms with Crippen LogP contribution in [0.2, 0.25) is 0 Å². The van der Waals surface area contributed by atoms with Gasteiger partial charge >= 0.3 is 0 Å². The highest BCUT2D eigenvalue weighted by Gasteiger charge is 2.21. The number of hydrogen-bond donors (Lipinski definition) is 1. The first-order valence-corrected chi connectivity index (χ1v) is 17.3. The van der Waals surface area contributed by atoms with Crippen LogP contribution >= 0.6 is 0 Å². The van der Waals surface area contributed by atoms with Gasteiger partial charge in [-0.1, -0.05) is 48.5 Å². The molecule has 11 rings (SSSR count). The number of benzene rings is 5. The van der Waals surface area contributed by atoms with Crippen LogP contribution in [0.1, 0.15) is 11.3 Å². The number of nitrogens with zero attached hydrogens (tertiary/aromatic N) is 5. The predicted octanol–water partition coefficient (Wildman–Crippen LogP) is 10.4. The topological polar surface area (TPSA) is 52.6 Å². The van der Waals surface area contributed by atoms with E-state index in [-0.39, 0.29) is 0 Å². The van der Waals surface area contributed by atoms with E-state index in [1.54, 1.807) is 0 Å². The van der Waals surface area contributed by atoms with Crippen molar-refractivity contribution in [2.24, 2.45) is 0 Å². The third-order valence-electron chi connectivity index (χ3n) is 10.4. The summed E-state index contributed by atoms with van der Waals surface area (Å²) in [5, 5.41) is 9.29. The molecule has 0 amide bonds. The molecule has 0 atom stereocenters. The molecule has 6 nitrogen and oxygen atoms in total. The summed E-state index contributed by atoms with van der Waals surface area (Å²) in [4.78, 5) is 9.76. The molecule has 5 aromatic heterocycles. The molecule has 1 N–H and O–H groups in total. The van der Waals surface area contributed by atoms with E-state index in [1.807, 2.05) is 24.5 Å². The first kappa shape index (κ1) is 28.0. The standard InChI is InChI=1S/C45H30N6/c1-3-9-31(10-4-1)49-40-20-17-33(27-39(40)34-21-24-46-28-43(34)49)51-42-19-16-30(26-38(42)36-14-8-23-48-45(36)51)29-15-18-41-37(25-29)35-13-7-22-47-44(35)50(41)32-11-5-2-6-12-32/h1-27,46H,28H2. The number of para-hydroxylation sites is 2. The normalized spacial score (nSPS) is 12.7. The molecule has 6 heterocycles. The summed E-state index contributed by atoms with van der Waals surface area (Å²) in [5.74, 6) is 0. The van der Waals surface area contributed by atoms with Crippen molar-refractivity contribution < 1.29 is 0 Å². The van der Waals surface area contributed by atoms with Gasteiger partial charge in [0.2, 0.25) is 0 Å². The molecule has 0 saturated heterocycles. The smallest absolute Gasteiger partial charge is 0.145 e. The summed E-state index contributed by atoms with van der Waals surface area (Å²) in [6.45, 7) is 0.777. The molecule has 0 unspecified atom stereocenters. The van der Waals surface area contributed by atoms with E-state index >= 15 is 0 Å². The largest absolute Gasteiger partial charge is 0.385 e. The lowest BCUT2D eigenvalue weighted by Gasteiger charge is -2.14. The summed E-state index contributed by atoms with van der Waals surface area (Å²) in [5.41, 5.74) is 13.6. The van der Waals surface area contributed by atoms with Crippen molar-refractivity contribution in [3.05, 3.63) is 169 Å². The summed E-state index contributed by atoms with van der Waals surface area (Å²) in [6, 6.07) is 49.9. The molecule has 5 aromatic carbocycles. The van der Waals surface area contributed by atoms with Crippen molar-refractivity contribution in [2.75, 3.05) is 0 Å². The molecular weight excluding hydrogens is 625 g/mol. The molecule has 6 heteroatoms. The van der Waals surface area contributed by atoms with Gasteiger partial charge in [0.15, 0.2) is 0 Å². The third-order valence-corrected chi connectivity index (χ3v) is 10.4. The summed E-state index contributed by atoms with van der Waals surface area (Å²) >= 11 is 0. The van der Waals surface area contributed by atoms with E-state index in [1.165, 1.54) is 49.7 Å². The Morgan fingerprint density at radius 3 is 1.63 bits per heavy atom. The van der Waals surface area contributed by atoms with Crippen LogP contribution in [0, 0.1) is 0 Å². The summed E-state index contributed by atoms with van der Waals surface area (Å²) in [7, 11) is 0. The second-order valence-corrected chi connectivity index (χ2v) is 13.2. The average molecular weight is 655 g/mol. The zero-order valence-electron chi connectivity index (χ0n) is 27.5. The molecule has 0 aliphatic carbocycles. The van der Waals surface area contributed by atoms with Gasteiger partial charge in [0.25, 0.3) is 0 Å². The fourth-order valence-corrected chi connectivity index (χ4v) is 8.18. The number of fused-ring (bicyclic) bond motifs is 9. The van der Waals surface area contributed by atoms with Gasteiger partial charge in [-0.25, -0.2) is 9.97 Å². The molecule has 0 radical (unpaired) electrons. The van der Waals surface area contributed by atoms with Gasteiger partial charge in [0.05, 0.1) is 28.8 Å². The van der Waals surface area contributed by atoms with Crippen LogP contribution in [0.25, 0.3) is 89.0 Å². The van der Waals surface area contributed by atoms with E-state index in [9.17, 15) is 0 Å². The van der Waals surface area contributed by atoms with E-state index in [4.69, 9.17) is 9.97 Å². The Labute approximate surface area is 293 Å². The molecule has 1 aliphatic rings. The Balaban J connectivity index is 1.09. The first-order chi connectivity index (χ1) is 25.3. The van der Waals surface area contributed by atoms with E-state index in [2.05, 4.69) is 159 Å². The highest BCUT2D eigenvalue weighted by molar-refractivity contribution is 6.11. The van der Waals surface area contributed by atoms with Crippen LogP contribution in [0.5, 0.6) is 0 Å². The molecule has 0 fully saturated rings. The lowest BCUT2D eigenvalue weighted by atomic mass is 10.0. The predicted molar refractivity (Wildman–Crippen MR) is 209 cm³/mol. The molecule has 240 valence electrons. The van der Waals surface area contributed by atoms with Gasteiger partial charge in [-0.05, 0) is 114 Å². The first-order valence-electron chi connectivity index (χ1n) is 17.3. The minimum atomic E-state index is 0.777. The number of pyridine rings is 2. The van der Waals surface area contributed by atoms with Crippen LogP contribution in [0.15, 0.2) is 158 Å². The third kappa shape index (κ3) is 4.10.